The van der Waals surface area contributed by atoms with E-state index in [9.17, 15) is 0 Å². The first-order chi connectivity index (χ1) is 15.5. The molecule has 0 saturated carbocycles. The number of nitrogens with one attached hydrogen (secondary N) is 1. The summed E-state index contributed by atoms with van der Waals surface area (Å²) in [6.45, 7) is 0.433. The molecule has 3 aromatic rings. The summed E-state index contributed by atoms with van der Waals surface area (Å²) in [7, 11) is 1.68. The molecule has 32 heavy (non-hydrogen) atoms. The van der Waals surface area contributed by atoms with Gasteiger partial charge in [0.25, 0.3) is 0 Å². The van der Waals surface area contributed by atoms with Crippen molar-refractivity contribution in [2.45, 2.75) is 25.0 Å². The molecule has 3 aromatic carbocycles. The largest absolute Gasteiger partial charge is 0.493 e. The number of methoxy groups -OCH3 is 1. The molecule has 0 spiro atoms. The highest BCUT2D eigenvalue weighted by Crippen LogP contribution is 2.52. The molecule has 0 bridgehead atoms. The minimum absolute atomic E-state index is 0.164. The number of ether oxygens (including phenoxy) is 2. The van der Waals surface area contributed by atoms with E-state index in [-0.39, 0.29) is 6.04 Å². The molecule has 2 aliphatic rings. The van der Waals surface area contributed by atoms with Gasteiger partial charge in [0.05, 0.1) is 23.3 Å². The van der Waals surface area contributed by atoms with Gasteiger partial charge in [-0.2, -0.15) is 0 Å². The summed E-state index contributed by atoms with van der Waals surface area (Å²) < 4.78 is 13.8. The van der Waals surface area contributed by atoms with Gasteiger partial charge in [-0.3, -0.25) is 0 Å². The van der Waals surface area contributed by atoms with E-state index in [0.717, 1.165) is 20.9 Å². The van der Waals surface area contributed by atoms with Crippen molar-refractivity contribution in [2.75, 3.05) is 12.4 Å². The van der Waals surface area contributed by atoms with Gasteiger partial charge in [0.1, 0.15) is 6.61 Å². The third-order valence-electron chi connectivity index (χ3n) is 6.25. The molecule has 0 unspecified atom stereocenters. The number of rotatable bonds is 5. The third kappa shape index (κ3) is 4.07. The van der Waals surface area contributed by atoms with Crippen LogP contribution in [0.5, 0.6) is 11.5 Å². The first-order valence-corrected chi connectivity index (χ1v) is 12.5. The Kier molecular flexibility index (Phi) is 6.24. The number of hydrogen-bond acceptors (Lipinski definition) is 3. The minimum Gasteiger partial charge on any atom is -0.493 e. The number of halogens is 3. The number of allylic oxidation sites excluding steroid dienone is 2. The Morgan fingerprint density at radius 1 is 1.06 bits per heavy atom. The van der Waals surface area contributed by atoms with Crippen molar-refractivity contribution in [3.05, 3.63) is 97.4 Å². The zero-order valence-corrected chi connectivity index (χ0v) is 21.4. The van der Waals surface area contributed by atoms with Gasteiger partial charge >= 0.3 is 0 Å². The first-order valence-electron chi connectivity index (χ1n) is 10.5. The van der Waals surface area contributed by atoms with Crippen LogP contribution in [0, 0.1) is 5.92 Å². The van der Waals surface area contributed by atoms with E-state index in [1.54, 1.807) is 7.11 Å². The van der Waals surface area contributed by atoms with Crippen molar-refractivity contribution >= 4 is 49.1 Å². The molecular formula is C26H22Br2ClNO2. The number of para-hydroxylation sites is 1. The first kappa shape index (κ1) is 21.9. The van der Waals surface area contributed by atoms with E-state index in [1.807, 2.05) is 24.3 Å². The fourth-order valence-corrected chi connectivity index (χ4v) is 5.91. The van der Waals surface area contributed by atoms with Crippen LogP contribution in [-0.4, -0.2) is 7.11 Å². The number of anilines is 1. The lowest BCUT2D eigenvalue weighted by Crippen LogP contribution is -2.29. The number of benzene rings is 3. The number of fused-ring (bicyclic) bond motifs is 3. The maximum atomic E-state index is 6.13. The molecule has 0 saturated heterocycles. The Bertz CT molecular complexity index is 1180. The van der Waals surface area contributed by atoms with Crippen LogP contribution < -0.4 is 14.8 Å². The maximum absolute atomic E-state index is 6.13. The van der Waals surface area contributed by atoms with Crippen LogP contribution in [-0.2, 0) is 6.61 Å². The Morgan fingerprint density at radius 3 is 2.66 bits per heavy atom. The summed E-state index contributed by atoms with van der Waals surface area (Å²) in [6, 6.07) is 18.5. The summed E-state index contributed by atoms with van der Waals surface area (Å²) in [5.74, 6) is 2.27. The van der Waals surface area contributed by atoms with Crippen LogP contribution in [0.3, 0.4) is 0 Å². The monoisotopic (exact) mass is 573 g/mol. The molecule has 1 aliphatic carbocycles. The second-order valence-electron chi connectivity index (χ2n) is 8.13. The maximum Gasteiger partial charge on any atom is 0.175 e. The van der Waals surface area contributed by atoms with Crippen molar-refractivity contribution < 1.29 is 9.47 Å². The van der Waals surface area contributed by atoms with Gasteiger partial charge in [0.15, 0.2) is 11.5 Å². The predicted octanol–water partition coefficient (Wildman–Crippen LogP) is 8.28. The van der Waals surface area contributed by atoms with Crippen LogP contribution >= 0.6 is 43.5 Å². The predicted molar refractivity (Wildman–Crippen MR) is 137 cm³/mol. The fraction of sp³-hybridized carbons (Fsp3) is 0.231. The zero-order chi connectivity index (χ0) is 22.2. The van der Waals surface area contributed by atoms with E-state index in [4.69, 9.17) is 21.1 Å². The summed E-state index contributed by atoms with van der Waals surface area (Å²) in [5.41, 5.74) is 4.74. The zero-order valence-electron chi connectivity index (χ0n) is 17.4. The molecule has 5 rings (SSSR count). The molecule has 0 amide bonds. The van der Waals surface area contributed by atoms with Gasteiger partial charge in [-0.25, -0.2) is 0 Å². The molecule has 1 aliphatic heterocycles. The van der Waals surface area contributed by atoms with Gasteiger partial charge in [0.2, 0.25) is 0 Å². The van der Waals surface area contributed by atoms with Gasteiger partial charge < -0.3 is 14.8 Å². The Labute approximate surface area is 210 Å². The molecule has 164 valence electrons. The van der Waals surface area contributed by atoms with Crippen LogP contribution in [0.2, 0.25) is 5.02 Å². The second kappa shape index (κ2) is 9.12. The van der Waals surface area contributed by atoms with Crippen molar-refractivity contribution in [2.24, 2.45) is 5.92 Å². The molecule has 3 nitrogen and oxygen atoms in total. The highest BCUT2D eigenvalue weighted by molar-refractivity contribution is 9.11. The highest BCUT2D eigenvalue weighted by atomic mass is 79.9. The van der Waals surface area contributed by atoms with E-state index in [0.29, 0.717) is 35.0 Å². The molecule has 1 heterocycles. The second-order valence-corrected chi connectivity index (χ2v) is 10.3. The lowest BCUT2D eigenvalue weighted by Gasteiger charge is -2.38. The van der Waals surface area contributed by atoms with Crippen molar-refractivity contribution in [3.8, 4) is 11.5 Å². The SMILES string of the molecule is COc1cc([C@@H]2Nc3c(Br)cccc3[C@@H]3C=CC[C@@H]32)cc(Br)c1OCc1ccc(Cl)cc1. The van der Waals surface area contributed by atoms with E-state index >= 15 is 0 Å². The quantitative estimate of drug-likeness (QED) is 0.311. The molecule has 1 N–H and O–H groups in total. The summed E-state index contributed by atoms with van der Waals surface area (Å²) >= 11 is 13.5. The van der Waals surface area contributed by atoms with Crippen molar-refractivity contribution in [3.63, 3.8) is 0 Å². The van der Waals surface area contributed by atoms with Crippen LogP contribution in [0.15, 0.2) is 75.7 Å². The van der Waals surface area contributed by atoms with E-state index in [2.05, 4.69) is 79.7 Å². The van der Waals surface area contributed by atoms with Gasteiger partial charge in [-0.05, 0) is 91.2 Å². The third-order valence-corrected chi connectivity index (χ3v) is 7.76. The fourth-order valence-electron chi connectivity index (χ4n) is 4.71. The van der Waals surface area contributed by atoms with Crippen LogP contribution in [0.1, 0.15) is 35.1 Å². The molecule has 0 aromatic heterocycles. The van der Waals surface area contributed by atoms with Gasteiger partial charge in [-0.1, -0.05) is 48.0 Å². The molecular weight excluding hydrogens is 554 g/mol. The molecule has 0 radical (unpaired) electrons. The minimum atomic E-state index is 0.164. The van der Waals surface area contributed by atoms with E-state index < -0.39 is 0 Å². The van der Waals surface area contributed by atoms with Crippen LogP contribution in [0.4, 0.5) is 5.69 Å². The van der Waals surface area contributed by atoms with Crippen LogP contribution in [0.25, 0.3) is 0 Å². The smallest absolute Gasteiger partial charge is 0.175 e. The topological polar surface area (TPSA) is 30.5 Å². The highest BCUT2D eigenvalue weighted by Gasteiger charge is 2.39. The Hall–Kier alpha value is -1.95. The number of hydrogen-bond donors (Lipinski definition) is 1. The lowest BCUT2D eigenvalue weighted by atomic mass is 9.77. The lowest BCUT2D eigenvalue weighted by molar-refractivity contribution is 0.282. The van der Waals surface area contributed by atoms with Gasteiger partial charge in [-0.15, -0.1) is 0 Å². The Morgan fingerprint density at radius 2 is 1.88 bits per heavy atom. The van der Waals surface area contributed by atoms with Crippen molar-refractivity contribution in [1.29, 1.82) is 0 Å². The Balaban J connectivity index is 1.46. The van der Waals surface area contributed by atoms with Gasteiger partial charge in [0, 0.05) is 15.4 Å². The average molecular weight is 576 g/mol. The normalized spacial score (nSPS) is 20.9. The summed E-state index contributed by atoms with van der Waals surface area (Å²) in [6.07, 6.45) is 5.69. The average Bonchev–Trinajstić information content (AvgIpc) is 3.29. The van der Waals surface area contributed by atoms with E-state index in [1.165, 1.54) is 16.8 Å². The summed E-state index contributed by atoms with van der Waals surface area (Å²) in [4.78, 5) is 0. The molecule has 3 atom stereocenters. The molecule has 0 fully saturated rings. The standard InChI is InChI=1S/C26H22Br2ClNO2/c1-31-23-13-16(12-22(28)26(23)32-14-15-8-10-17(29)11-9-15)24-19-5-2-4-18(19)20-6-3-7-21(27)25(20)30-24/h2-4,6-13,18-19,24,30H,5,14H2,1H3/t18-,19+,24+/m1/s1. The summed E-state index contributed by atoms with van der Waals surface area (Å²) in [5, 5.41) is 4.51. The molecule has 6 heteroatoms. The van der Waals surface area contributed by atoms with Crippen molar-refractivity contribution in [1.82, 2.24) is 0 Å².